The van der Waals surface area contributed by atoms with Crippen molar-refractivity contribution >= 4 is 27.0 Å². The monoisotopic (exact) mass is 568 g/mol. The zero-order valence-corrected chi connectivity index (χ0v) is 22.9. The van der Waals surface area contributed by atoms with Gasteiger partial charge < -0.3 is 15.8 Å². The molecule has 4 aromatic rings. The SMILES string of the molecule is C[C@H]1C[C@@H](c2ccncc2Nc2ncc3ccc(-c4c(F)cc(C5COC5)cc4F)nn23)C[C@@H](N)[C@@H]1S(C)(=O)=O. The number of imidazole rings is 1. The zero-order chi connectivity index (χ0) is 28.2. The van der Waals surface area contributed by atoms with Crippen molar-refractivity contribution in [1.29, 1.82) is 0 Å². The maximum absolute atomic E-state index is 15.1. The van der Waals surface area contributed by atoms with Crippen LogP contribution in [-0.2, 0) is 14.6 Å². The van der Waals surface area contributed by atoms with Gasteiger partial charge in [-0.05, 0) is 66.1 Å². The van der Waals surface area contributed by atoms with Crippen molar-refractivity contribution in [3.05, 3.63) is 71.7 Å². The van der Waals surface area contributed by atoms with E-state index in [0.717, 1.165) is 5.56 Å². The van der Waals surface area contributed by atoms with Crippen LogP contribution in [0, 0.1) is 17.6 Å². The molecule has 2 fully saturated rings. The van der Waals surface area contributed by atoms with E-state index in [9.17, 15) is 8.42 Å². The van der Waals surface area contributed by atoms with Crippen LogP contribution in [0.25, 0.3) is 16.8 Å². The van der Waals surface area contributed by atoms with Crippen LogP contribution in [-0.4, -0.2) is 58.8 Å². The van der Waals surface area contributed by atoms with Gasteiger partial charge in [-0.3, -0.25) is 4.98 Å². The van der Waals surface area contributed by atoms with Crippen LogP contribution in [0.3, 0.4) is 0 Å². The number of ether oxygens (including phenoxy) is 1. The van der Waals surface area contributed by atoms with Crippen LogP contribution in [0.1, 0.15) is 42.7 Å². The lowest BCUT2D eigenvalue weighted by Crippen LogP contribution is -2.48. The molecule has 0 radical (unpaired) electrons. The van der Waals surface area contributed by atoms with Crippen molar-refractivity contribution < 1.29 is 21.9 Å². The third-order valence-electron chi connectivity index (χ3n) is 8.05. The predicted molar refractivity (Wildman–Crippen MR) is 147 cm³/mol. The van der Waals surface area contributed by atoms with E-state index in [0.29, 0.717) is 48.8 Å². The van der Waals surface area contributed by atoms with Gasteiger partial charge in [-0.2, -0.15) is 9.61 Å². The lowest BCUT2D eigenvalue weighted by Gasteiger charge is -2.38. The summed E-state index contributed by atoms with van der Waals surface area (Å²) in [5.74, 6) is -1.15. The fraction of sp³-hybridized carbons (Fsp3) is 0.393. The average Bonchev–Trinajstić information content (AvgIpc) is 3.23. The highest BCUT2D eigenvalue weighted by molar-refractivity contribution is 7.91. The van der Waals surface area contributed by atoms with E-state index in [-0.39, 0.29) is 29.0 Å². The number of rotatable bonds is 6. The number of nitrogens with two attached hydrogens (primary N) is 1. The van der Waals surface area contributed by atoms with Crippen LogP contribution in [0.2, 0.25) is 0 Å². The van der Waals surface area contributed by atoms with E-state index >= 15 is 8.78 Å². The minimum atomic E-state index is -3.28. The van der Waals surface area contributed by atoms with E-state index in [2.05, 4.69) is 20.4 Å². The summed E-state index contributed by atoms with van der Waals surface area (Å²) < 4.78 is 61.5. The molecule has 1 saturated carbocycles. The molecule has 40 heavy (non-hydrogen) atoms. The molecule has 1 saturated heterocycles. The van der Waals surface area contributed by atoms with E-state index in [4.69, 9.17) is 10.5 Å². The first-order valence-corrected chi connectivity index (χ1v) is 15.1. The zero-order valence-electron chi connectivity index (χ0n) is 22.1. The average molecular weight is 569 g/mol. The van der Waals surface area contributed by atoms with Gasteiger partial charge >= 0.3 is 0 Å². The smallest absolute Gasteiger partial charge is 0.229 e. The van der Waals surface area contributed by atoms with E-state index in [1.807, 2.05) is 13.0 Å². The first-order chi connectivity index (χ1) is 19.1. The summed E-state index contributed by atoms with van der Waals surface area (Å²) in [6.07, 6.45) is 7.36. The van der Waals surface area contributed by atoms with Crippen molar-refractivity contribution in [2.45, 2.75) is 42.9 Å². The molecule has 6 rings (SSSR count). The molecule has 0 spiro atoms. The normalized spacial score (nSPS) is 23.7. The van der Waals surface area contributed by atoms with Gasteiger partial charge in [-0.25, -0.2) is 22.2 Å². The Bertz CT molecular complexity index is 1660. The van der Waals surface area contributed by atoms with Crippen molar-refractivity contribution in [3.63, 3.8) is 0 Å². The number of benzene rings is 1. The number of nitrogens with one attached hydrogen (secondary N) is 1. The second-order valence-electron chi connectivity index (χ2n) is 10.9. The largest absolute Gasteiger partial charge is 0.380 e. The molecule has 1 aliphatic carbocycles. The van der Waals surface area contributed by atoms with Crippen LogP contribution < -0.4 is 11.1 Å². The van der Waals surface area contributed by atoms with E-state index < -0.39 is 32.8 Å². The number of hydrogen-bond donors (Lipinski definition) is 2. The summed E-state index contributed by atoms with van der Waals surface area (Å²) in [5.41, 5.74) is 9.10. The van der Waals surface area contributed by atoms with Gasteiger partial charge in [-0.15, -0.1) is 0 Å². The fourth-order valence-corrected chi connectivity index (χ4v) is 7.85. The molecule has 0 amide bonds. The summed E-state index contributed by atoms with van der Waals surface area (Å²) in [5, 5.41) is 7.21. The Balaban J connectivity index is 1.31. The van der Waals surface area contributed by atoms with Crippen molar-refractivity contribution in [1.82, 2.24) is 19.6 Å². The number of fused-ring (bicyclic) bond motifs is 1. The quantitative estimate of drug-likeness (QED) is 0.355. The standard InChI is InChI=1S/C28H30F2N6O3S/c1-15-7-17(10-23(31)27(15)40(2,37)38)20-5-6-32-12-25(20)34-28-33-11-19-3-4-24(35-36(19)28)26-21(29)8-16(9-22(26)30)18-13-39-14-18/h3-6,8-9,11-12,15,17-18,23,27H,7,10,13-14,31H2,1-2H3,(H,33,34)/t15-,17+,23+,27+/m0/s1. The summed E-state index contributed by atoms with van der Waals surface area (Å²) in [4.78, 5) is 8.70. The maximum atomic E-state index is 15.1. The Morgan fingerprint density at radius 2 is 1.82 bits per heavy atom. The number of anilines is 2. The number of pyridine rings is 1. The number of aromatic nitrogens is 4. The van der Waals surface area contributed by atoms with Gasteiger partial charge in [-0.1, -0.05) is 6.92 Å². The van der Waals surface area contributed by atoms with Gasteiger partial charge in [0.05, 0.1) is 53.3 Å². The van der Waals surface area contributed by atoms with E-state index in [1.165, 1.54) is 22.9 Å². The highest BCUT2D eigenvalue weighted by Crippen LogP contribution is 2.41. The topological polar surface area (TPSA) is 124 Å². The number of halogens is 2. The van der Waals surface area contributed by atoms with Gasteiger partial charge in [0, 0.05) is 24.4 Å². The molecule has 0 unspecified atom stereocenters. The molecule has 1 aromatic carbocycles. The highest BCUT2D eigenvalue weighted by Gasteiger charge is 2.40. The Kier molecular flexibility index (Phi) is 6.79. The Morgan fingerprint density at radius 3 is 2.48 bits per heavy atom. The van der Waals surface area contributed by atoms with E-state index in [1.54, 1.807) is 30.7 Å². The van der Waals surface area contributed by atoms with Crippen LogP contribution in [0.15, 0.2) is 48.9 Å². The summed E-state index contributed by atoms with van der Waals surface area (Å²) in [7, 11) is -3.28. The molecule has 1 aliphatic heterocycles. The van der Waals surface area contributed by atoms with Crippen LogP contribution >= 0.6 is 0 Å². The van der Waals surface area contributed by atoms with Crippen molar-refractivity contribution in [3.8, 4) is 11.3 Å². The third-order valence-corrected chi connectivity index (χ3v) is 9.85. The second kappa shape index (κ2) is 10.2. The third kappa shape index (κ3) is 4.84. The molecule has 12 heteroatoms. The number of nitrogens with zero attached hydrogens (tertiary/aromatic N) is 4. The number of hydrogen-bond acceptors (Lipinski definition) is 8. The molecule has 4 heterocycles. The molecular formula is C28H30F2N6O3S. The molecule has 3 aromatic heterocycles. The van der Waals surface area contributed by atoms with Crippen LogP contribution in [0.4, 0.5) is 20.4 Å². The first kappa shape index (κ1) is 26.7. The highest BCUT2D eigenvalue weighted by atomic mass is 32.2. The summed E-state index contributed by atoms with van der Waals surface area (Å²) in [6, 6.07) is 7.35. The summed E-state index contributed by atoms with van der Waals surface area (Å²) in [6.45, 7) is 2.82. The van der Waals surface area contributed by atoms with Crippen molar-refractivity contribution in [2.75, 3.05) is 24.8 Å². The second-order valence-corrected chi connectivity index (χ2v) is 13.1. The van der Waals surface area contributed by atoms with Crippen molar-refractivity contribution in [2.24, 2.45) is 11.7 Å². The van der Waals surface area contributed by atoms with Gasteiger partial charge in [0.25, 0.3) is 0 Å². The Labute approximate surface area is 230 Å². The number of sulfone groups is 1. The fourth-order valence-electron chi connectivity index (χ4n) is 6.15. The predicted octanol–water partition coefficient (Wildman–Crippen LogP) is 4.18. The molecular weight excluding hydrogens is 538 g/mol. The Morgan fingerprint density at radius 1 is 1.07 bits per heavy atom. The molecule has 4 atom stereocenters. The molecule has 210 valence electrons. The lowest BCUT2D eigenvalue weighted by molar-refractivity contribution is 0.00822. The Hall–Kier alpha value is -3.48. The molecule has 0 bridgehead atoms. The minimum Gasteiger partial charge on any atom is -0.380 e. The van der Waals surface area contributed by atoms with Gasteiger partial charge in [0.15, 0.2) is 9.84 Å². The first-order valence-electron chi connectivity index (χ1n) is 13.2. The molecule has 2 aliphatic rings. The lowest BCUT2D eigenvalue weighted by atomic mass is 9.76. The molecule has 9 nitrogen and oxygen atoms in total. The van der Waals surface area contributed by atoms with Gasteiger partial charge in [0.2, 0.25) is 5.95 Å². The van der Waals surface area contributed by atoms with Gasteiger partial charge in [0.1, 0.15) is 11.6 Å². The molecule has 3 N–H and O–H groups in total. The maximum Gasteiger partial charge on any atom is 0.229 e. The minimum absolute atomic E-state index is 0.00557. The summed E-state index contributed by atoms with van der Waals surface area (Å²) >= 11 is 0. The van der Waals surface area contributed by atoms with Crippen LogP contribution in [0.5, 0.6) is 0 Å².